The number of rotatable bonds is 16. The third-order valence-corrected chi connectivity index (χ3v) is 4.82. The Morgan fingerprint density at radius 3 is 1.58 bits per heavy atom. The van der Waals surface area contributed by atoms with Crippen LogP contribution in [0.15, 0.2) is 0 Å². The molecule has 0 aliphatic heterocycles. The fraction of sp³-hybridized carbons (Fsp3) is 0.905. The molecule has 0 radical (unpaired) electrons. The van der Waals surface area contributed by atoms with E-state index in [0.29, 0.717) is 6.42 Å². The van der Waals surface area contributed by atoms with Crippen molar-refractivity contribution in [1.82, 2.24) is 4.90 Å². The van der Waals surface area contributed by atoms with Crippen LogP contribution < -0.4 is 0 Å². The first kappa shape index (κ1) is 24.9. The first-order chi connectivity index (χ1) is 12.5. The second kappa shape index (κ2) is 17.3. The normalized spacial score (nSPS) is 12.2. The van der Waals surface area contributed by atoms with E-state index in [1.807, 2.05) is 0 Å². The van der Waals surface area contributed by atoms with Crippen molar-refractivity contribution >= 4 is 11.9 Å². The van der Waals surface area contributed by atoms with Gasteiger partial charge in [0.25, 0.3) is 0 Å². The van der Waals surface area contributed by atoms with Crippen LogP contribution in [0.4, 0.5) is 0 Å². The predicted octanol–water partition coefficient (Wildman–Crippen LogP) is 5.42. The molecule has 0 aromatic rings. The van der Waals surface area contributed by atoms with E-state index in [4.69, 9.17) is 0 Å². The molecule has 0 amide bonds. The smallest absolute Gasteiger partial charge is 0.297 e. The molecule has 0 aromatic heterocycles. The summed E-state index contributed by atoms with van der Waals surface area (Å²) in [5.41, 5.74) is 0. The number of carbonyl (C=O) groups excluding carboxylic acids is 2. The summed E-state index contributed by atoms with van der Waals surface area (Å²) in [7, 11) is 3.53. The second-order valence-electron chi connectivity index (χ2n) is 7.49. The summed E-state index contributed by atoms with van der Waals surface area (Å²) >= 11 is 0. The molecule has 0 aliphatic rings. The molecule has 0 aliphatic carbocycles. The van der Waals surface area contributed by atoms with E-state index in [1.54, 1.807) is 25.9 Å². The van der Waals surface area contributed by atoms with Gasteiger partial charge in [0.15, 0.2) is 0 Å². The molecule has 0 bridgehead atoms. The first-order valence-corrected chi connectivity index (χ1v) is 10.6. The van der Waals surface area contributed by atoms with Crippen molar-refractivity contribution in [3.05, 3.63) is 0 Å². The molecule has 0 rings (SSSR count). The van der Waals surface area contributed by atoms with Gasteiger partial charge in [0.05, 0.1) is 6.42 Å². The summed E-state index contributed by atoms with van der Waals surface area (Å²) < 4.78 is 0. The maximum Gasteiger partial charge on any atom is 0.372 e. The Morgan fingerprint density at radius 1 is 0.731 bits per heavy atom. The predicted molar refractivity (Wildman–Crippen MR) is 106 cm³/mol. The Morgan fingerprint density at radius 2 is 1.15 bits per heavy atom. The van der Waals surface area contributed by atoms with E-state index in [9.17, 15) is 9.59 Å². The Labute approximate surface area is 160 Å². The third-order valence-electron chi connectivity index (χ3n) is 4.82. The van der Waals surface area contributed by atoms with Gasteiger partial charge >= 0.3 is 11.9 Å². The highest BCUT2D eigenvalue weighted by Gasteiger charge is 2.19. The van der Waals surface area contributed by atoms with Crippen LogP contribution in [-0.2, 0) is 19.4 Å². The zero-order valence-electron chi connectivity index (χ0n) is 17.6. The maximum absolute atomic E-state index is 11.5. The average Bonchev–Trinajstić information content (AvgIpc) is 2.62. The van der Waals surface area contributed by atoms with Gasteiger partial charge in [-0.2, -0.15) is 0 Å². The molecule has 0 saturated carbocycles. The van der Waals surface area contributed by atoms with E-state index < -0.39 is 18.0 Å². The fourth-order valence-electron chi connectivity index (χ4n) is 2.70. The van der Waals surface area contributed by atoms with Crippen molar-refractivity contribution in [3.63, 3.8) is 0 Å². The highest BCUT2D eigenvalue weighted by atomic mass is 17.2. The molecular weight excluding hydrogens is 330 g/mol. The number of unbranched alkanes of at least 4 members (excludes halogenated alkanes) is 12. The van der Waals surface area contributed by atoms with Gasteiger partial charge in [-0.3, -0.25) is 4.90 Å². The Bertz CT molecular complexity index is 358. The SMILES string of the molecule is CCCCCCCCCCCCCCCC(=O)OOC(=O)C(C)N(C)C. The molecule has 0 spiro atoms. The van der Waals surface area contributed by atoms with Crippen molar-refractivity contribution in [1.29, 1.82) is 0 Å². The van der Waals surface area contributed by atoms with Gasteiger partial charge < -0.3 is 0 Å². The van der Waals surface area contributed by atoms with Crippen LogP contribution in [0.3, 0.4) is 0 Å². The van der Waals surface area contributed by atoms with E-state index in [2.05, 4.69) is 16.7 Å². The molecule has 154 valence electrons. The Balaban J connectivity index is 3.34. The van der Waals surface area contributed by atoms with Crippen molar-refractivity contribution < 1.29 is 19.4 Å². The van der Waals surface area contributed by atoms with Gasteiger partial charge in [0.2, 0.25) is 0 Å². The van der Waals surface area contributed by atoms with Crippen molar-refractivity contribution in [2.24, 2.45) is 0 Å². The van der Waals surface area contributed by atoms with Crippen molar-refractivity contribution in [2.45, 2.75) is 110 Å². The summed E-state index contributed by atoms with van der Waals surface area (Å²) in [6.07, 6.45) is 16.7. The molecule has 0 fully saturated rings. The molecule has 1 unspecified atom stereocenters. The molecule has 0 aromatic carbocycles. The van der Waals surface area contributed by atoms with Crippen LogP contribution in [0.25, 0.3) is 0 Å². The highest BCUT2D eigenvalue weighted by Crippen LogP contribution is 2.13. The topological polar surface area (TPSA) is 55.8 Å². The molecule has 1 atom stereocenters. The number of carbonyl (C=O) groups is 2. The monoisotopic (exact) mass is 371 g/mol. The summed E-state index contributed by atoms with van der Waals surface area (Å²) in [5, 5.41) is 0. The van der Waals surface area contributed by atoms with E-state index in [0.717, 1.165) is 19.3 Å². The van der Waals surface area contributed by atoms with Crippen molar-refractivity contribution in [2.75, 3.05) is 14.1 Å². The largest absolute Gasteiger partial charge is 0.372 e. The van der Waals surface area contributed by atoms with Gasteiger partial charge in [0.1, 0.15) is 6.04 Å². The lowest BCUT2D eigenvalue weighted by Gasteiger charge is -2.16. The van der Waals surface area contributed by atoms with Crippen LogP contribution in [-0.4, -0.2) is 37.0 Å². The van der Waals surface area contributed by atoms with Gasteiger partial charge in [-0.25, -0.2) is 19.4 Å². The highest BCUT2D eigenvalue weighted by molar-refractivity contribution is 5.76. The zero-order valence-corrected chi connectivity index (χ0v) is 17.6. The quantitative estimate of drug-likeness (QED) is 0.206. The number of nitrogens with zero attached hydrogens (tertiary/aromatic N) is 1. The summed E-state index contributed by atoms with van der Waals surface area (Å²) in [4.78, 5) is 33.9. The summed E-state index contributed by atoms with van der Waals surface area (Å²) in [5.74, 6) is -1.01. The van der Waals surface area contributed by atoms with Gasteiger partial charge in [-0.1, -0.05) is 84.0 Å². The number of hydrogen-bond acceptors (Lipinski definition) is 5. The van der Waals surface area contributed by atoms with Crippen LogP contribution in [0, 0.1) is 0 Å². The maximum atomic E-state index is 11.5. The van der Waals surface area contributed by atoms with E-state index >= 15 is 0 Å². The van der Waals surface area contributed by atoms with Crippen molar-refractivity contribution in [3.8, 4) is 0 Å². The molecule has 0 N–H and O–H groups in total. The van der Waals surface area contributed by atoms with Gasteiger partial charge in [-0.15, -0.1) is 0 Å². The minimum absolute atomic E-state index is 0.307. The minimum atomic E-state index is -0.547. The van der Waals surface area contributed by atoms with Crippen LogP contribution in [0.2, 0.25) is 0 Å². The van der Waals surface area contributed by atoms with Crippen LogP contribution in [0.1, 0.15) is 104 Å². The molecule has 5 nitrogen and oxygen atoms in total. The average molecular weight is 372 g/mol. The lowest BCUT2D eigenvalue weighted by molar-refractivity contribution is -0.261. The third kappa shape index (κ3) is 15.2. The number of hydrogen-bond donors (Lipinski definition) is 0. The second-order valence-corrected chi connectivity index (χ2v) is 7.49. The standard InChI is InChI=1S/C21H41NO4/c1-5-6-7-8-9-10-11-12-13-14-15-16-17-18-20(23)25-26-21(24)19(2)22(3)4/h19H,5-18H2,1-4H3. The van der Waals surface area contributed by atoms with Gasteiger partial charge in [-0.05, 0) is 27.4 Å². The van der Waals surface area contributed by atoms with Crippen LogP contribution >= 0.6 is 0 Å². The molecule has 0 saturated heterocycles. The lowest BCUT2D eigenvalue weighted by Crippen LogP contribution is -2.34. The molecule has 5 heteroatoms. The van der Waals surface area contributed by atoms with E-state index in [1.165, 1.54) is 64.2 Å². The van der Waals surface area contributed by atoms with Gasteiger partial charge in [0, 0.05) is 0 Å². The van der Waals surface area contributed by atoms with E-state index in [-0.39, 0.29) is 0 Å². The van der Waals surface area contributed by atoms with Crippen LogP contribution in [0.5, 0.6) is 0 Å². The number of likely N-dealkylation sites (N-methyl/N-ethyl adjacent to an activating group) is 1. The molecule has 0 heterocycles. The minimum Gasteiger partial charge on any atom is -0.297 e. The Hall–Kier alpha value is -1.10. The zero-order chi connectivity index (χ0) is 19.6. The lowest BCUT2D eigenvalue weighted by atomic mass is 10.0. The molecular formula is C21H41NO4. The fourth-order valence-corrected chi connectivity index (χ4v) is 2.70. The summed E-state index contributed by atoms with van der Waals surface area (Å²) in [6.45, 7) is 3.95. The Kier molecular flexibility index (Phi) is 16.6. The first-order valence-electron chi connectivity index (χ1n) is 10.6. The summed E-state index contributed by atoms with van der Waals surface area (Å²) in [6, 6.07) is -0.431. The molecule has 26 heavy (non-hydrogen) atoms.